The van der Waals surface area contributed by atoms with Crippen molar-refractivity contribution in [1.82, 2.24) is 19.5 Å². The fourth-order valence-corrected chi connectivity index (χ4v) is 3.11. The molecule has 4 rings (SSSR count). The predicted molar refractivity (Wildman–Crippen MR) is 99.9 cm³/mol. The van der Waals surface area contributed by atoms with Gasteiger partial charge in [-0.05, 0) is 25.0 Å². The van der Waals surface area contributed by atoms with E-state index in [0.717, 1.165) is 11.1 Å². The number of ether oxygens (including phenoxy) is 1. The molecule has 1 fully saturated rings. The molecule has 0 amide bonds. The maximum atomic E-state index is 10.4. The molecule has 1 saturated heterocycles. The first kappa shape index (κ1) is 18.3. The molecular formula is C19H19N5O4. The van der Waals surface area contributed by atoms with E-state index < -0.39 is 31.1 Å². The van der Waals surface area contributed by atoms with E-state index >= 15 is 0 Å². The summed E-state index contributed by atoms with van der Waals surface area (Å²) in [5, 5.41) is 29.9. The second-order valence-electron chi connectivity index (χ2n) is 6.58. The van der Waals surface area contributed by atoms with Gasteiger partial charge in [0, 0.05) is 5.56 Å². The van der Waals surface area contributed by atoms with Crippen LogP contribution >= 0.6 is 0 Å². The number of hydrogen-bond acceptors (Lipinski definition) is 8. The van der Waals surface area contributed by atoms with Crippen molar-refractivity contribution in [1.29, 1.82) is 0 Å². The van der Waals surface area contributed by atoms with Crippen LogP contribution in [0.15, 0.2) is 30.6 Å². The highest BCUT2D eigenvalue weighted by atomic mass is 16.6. The number of nitrogen functional groups attached to an aromatic ring is 1. The van der Waals surface area contributed by atoms with Gasteiger partial charge in [0.25, 0.3) is 0 Å². The van der Waals surface area contributed by atoms with E-state index in [1.807, 2.05) is 31.2 Å². The van der Waals surface area contributed by atoms with Gasteiger partial charge in [-0.3, -0.25) is 4.57 Å². The first-order valence-corrected chi connectivity index (χ1v) is 8.69. The van der Waals surface area contributed by atoms with E-state index in [1.54, 1.807) is 0 Å². The number of nitrogens with two attached hydrogens (primary N) is 1. The Morgan fingerprint density at radius 3 is 2.57 bits per heavy atom. The number of nitrogens with zero attached hydrogens (tertiary/aromatic N) is 4. The third-order valence-electron chi connectivity index (χ3n) is 4.65. The van der Waals surface area contributed by atoms with Crippen molar-refractivity contribution in [3.05, 3.63) is 47.5 Å². The van der Waals surface area contributed by atoms with E-state index in [1.165, 1.54) is 10.9 Å². The van der Waals surface area contributed by atoms with Crippen LogP contribution in [-0.2, 0) is 4.74 Å². The zero-order valence-corrected chi connectivity index (χ0v) is 15.0. The second-order valence-corrected chi connectivity index (χ2v) is 6.58. The Labute approximate surface area is 160 Å². The zero-order valence-electron chi connectivity index (χ0n) is 15.0. The molecule has 0 saturated carbocycles. The van der Waals surface area contributed by atoms with Crippen LogP contribution in [0.4, 0.5) is 5.82 Å². The maximum Gasteiger partial charge on any atom is 0.190 e. The zero-order chi connectivity index (χ0) is 19.8. The number of rotatable bonds is 2. The molecular weight excluding hydrogens is 362 g/mol. The Hall–Kier alpha value is -3.03. The maximum absolute atomic E-state index is 10.4. The molecule has 1 aliphatic heterocycles. The number of aliphatic hydroxyl groups excluding tert-OH is 3. The number of aryl methyl sites for hydroxylation is 1. The van der Waals surface area contributed by atoms with Crippen molar-refractivity contribution in [2.24, 2.45) is 0 Å². The number of aromatic nitrogens is 4. The fourth-order valence-electron chi connectivity index (χ4n) is 3.11. The second kappa shape index (κ2) is 7.18. The van der Waals surface area contributed by atoms with Crippen LogP contribution in [0, 0.1) is 18.8 Å². The third kappa shape index (κ3) is 3.08. The topological polar surface area (TPSA) is 140 Å². The first-order valence-electron chi connectivity index (χ1n) is 8.69. The monoisotopic (exact) mass is 381 g/mol. The minimum atomic E-state index is -1.30. The van der Waals surface area contributed by atoms with Crippen molar-refractivity contribution >= 4 is 17.0 Å². The van der Waals surface area contributed by atoms with Gasteiger partial charge < -0.3 is 25.8 Å². The third-order valence-corrected chi connectivity index (χ3v) is 4.65. The summed E-state index contributed by atoms with van der Waals surface area (Å²) in [6, 6.07) is 7.66. The molecule has 28 heavy (non-hydrogen) atoms. The van der Waals surface area contributed by atoms with Crippen LogP contribution in [0.5, 0.6) is 0 Å². The Morgan fingerprint density at radius 2 is 1.89 bits per heavy atom. The lowest BCUT2D eigenvalue weighted by Crippen LogP contribution is -2.33. The first-order chi connectivity index (χ1) is 13.5. The molecule has 0 bridgehead atoms. The molecule has 0 aliphatic carbocycles. The van der Waals surface area contributed by atoms with Crippen molar-refractivity contribution in [3.63, 3.8) is 0 Å². The highest BCUT2D eigenvalue weighted by molar-refractivity contribution is 5.82. The Bertz CT molecular complexity index is 1070. The van der Waals surface area contributed by atoms with E-state index in [4.69, 9.17) is 10.5 Å². The van der Waals surface area contributed by atoms with Crippen molar-refractivity contribution in [2.45, 2.75) is 31.5 Å². The molecule has 144 valence electrons. The molecule has 3 aromatic rings. The van der Waals surface area contributed by atoms with E-state index in [-0.39, 0.29) is 11.6 Å². The Kier molecular flexibility index (Phi) is 4.70. The summed E-state index contributed by atoms with van der Waals surface area (Å²) in [5.41, 5.74) is 8.44. The van der Waals surface area contributed by atoms with Gasteiger partial charge in [0.1, 0.15) is 24.6 Å². The quantitative estimate of drug-likeness (QED) is 0.445. The van der Waals surface area contributed by atoms with E-state index in [9.17, 15) is 15.3 Å². The smallest absolute Gasteiger partial charge is 0.190 e. The highest BCUT2D eigenvalue weighted by Gasteiger charge is 2.44. The molecule has 2 aromatic heterocycles. The molecule has 0 unspecified atom stereocenters. The molecule has 3 heterocycles. The minimum absolute atomic E-state index is 0.161. The van der Waals surface area contributed by atoms with Gasteiger partial charge in [-0.25, -0.2) is 15.0 Å². The van der Waals surface area contributed by atoms with Gasteiger partial charge in [-0.1, -0.05) is 23.6 Å². The van der Waals surface area contributed by atoms with Gasteiger partial charge in [0.15, 0.2) is 29.0 Å². The summed E-state index contributed by atoms with van der Waals surface area (Å²) in [5.74, 6) is 6.38. The van der Waals surface area contributed by atoms with Crippen LogP contribution in [0.25, 0.3) is 11.2 Å². The lowest BCUT2D eigenvalue weighted by molar-refractivity contribution is -0.0514. The Morgan fingerprint density at radius 1 is 1.14 bits per heavy atom. The van der Waals surface area contributed by atoms with Gasteiger partial charge in [-0.2, -0.15) is 0 Å². The minimum Gasteiger partial charge on any atom is -0.394 e. The molecule has 1 aliphatic rings. The molecule has 9 nitrogen and oxygen atoms in total. The average molecular weight is 381 g/mol. The predicted octanol–water partition coefficient (Wildman–Crippen LogP) is -0.272. The number of hydrogen-bond donors (Lipinski definition) is 4. The molecule has 0 spiro atoms. The number of benzene rings is 1. The largest absolute Gasteiger partial charge is 0.394 e. The van der Waals surface area contributed by atoms with Crippen molar-refractivity contribution in [2.75, 3.05) is 12.3 Å². The summed E-state index contributed by atoms with van der Waals surface area (Å²) < 4.78 is 7.11. The van der Waals surface area contributed by atoms with E-state index in [0.29, 0.717) is 11.2 Å². The summed E-state index contributed by atoms with van der Waals surface area (Å²) in [6.07, 6.45) is -3.26. The fraction of sp³-hybridized carbons (Fsp3) is 0.316. The summed E-state index contributed by atoms with van der Waals surface area (Å²) >= 11 is 0. The number of anilines is 1. The lowest BCUT2D eigenvalue weighted by atomic mass is 10.1. The molecule has 4 atom stereocenters. The summed E-state index contributed by atoms with van der Waals surface area (Å²) in [6.45, 7) is 1.54. The lowest BCUT2D eigenvalue weighted by Gasteiger charge is -2.17. The number of aliphatic hydroxyl groups is 3. The summed E-state index contributed by atoms with van der Waals surface area (Å²) in [7, 11) is 0. The standard InChI is InChI=1S/C19H19N5O4/c1-10-2-4-11(5-3-10)6-7-13-23-14-17(20)21-9-22-18(14)24(13)19-16(27)15(26)12(8-25)28-19/h2-5,9,12,15-16,19,25-27H,8H2,1H3,(H2,20,21,22)/t12-,15-,16-,19-/m1/s1. The molecule has 9 heteroatoms. The van der Waals surface area contributed by atoms with E-state index in [2.05, 4.69) is 26.8 Å². The van der Waals surface area contributed by atoms with Crippen molar-refractivity contribution in [3.8, 4) is 11.8 Å². The molecule has 1 aromatic carbocycles. The molecule has 0 radical (unpaired) electrons. The average Bonchev–Trinajstić information content (AvgIpc) is 3.20. The van der Waals surface area contributed by atoms with Gasteiger partial charge in [-0.15, -0.1) is 0 Å². The van der Waals surface area contributed by atoms with Gasteiger partial charge in [0.2, 0.25) is 0 Å². The van der Waals surface area contributed by atoms with Crippen LogP contribution in [0.1, 0.15) is 23.2 Å². The highest BCUT2D eigenvalue weighted by Crippen LogP contribution is 2.33. The SMILES string of the molecule is Cc1ccc(C#Cc2nc3c(N)ncnc3n2[C@@H]2O[C@H](CO)[C@@H](O)[C@H]2O)cc1. The van der Waals surface area contributed by atoms with Crippen LogP contribution < -0.4 is 5.73 Å². The molecule has 5 N–H and O–H groups in total. The van der Waals surface area contributed by atoms with Crippen molar-refractivity contribution < 1.29 is 20.1 Å². The Balaban J connectivity index is 1.84. The summed E-state index contributed by atoms with van der Waals surface area (Å²) in [4.78, 5) is 12.5. The normalized spacial score (nSPS) is 24.3. The van der Waals surface area contributed by atoms with Gasteiger partial charge in [0.05, 0.1) is 6.61 Å². The van der Waals surface area contributed by atoms with Crippen LogP contribution in [-0.4, -0.2) is 59.8 Å². The number of fused-ring (bicyclic) bond motifs is 1. The van der Waals surface area contributed by atoms with Gasteiger partial charge >= 0.3 is 0 Å². The van der Waals surface area contributed by atoms with Crippen LogP contribution in [0.3, 0.4) is 0 Å². The number of imidazole rings is 1. The van der Waals surface area contributed by atoms with Crippen LogP contribution in [0.2, 0.25) is 0 Å².